The van der Waals surface area contributed by atoms with Crippen LogP contribution in [-0.4, -0.2) is 16.2 Å². The molecule has 0 aliphatic rings. The minimum atomic E-state index is -0.366. The highest BCUT2D eigenvalue weighted by Gasteiger charge is 2.09. The molecular formula is C13H14BrNOS. The molecule has 1 N–H and O–H groups in total. The van der Waals surface area contributed by atoms with Crippen LogP contribution in [-0.2, 0) is 12.8 Å². The monoisotopic (exact) mass is 311 g/mol. The van der Waals surface area contributed by atoms with E-state index >= 15 is 0 Å². The van der Waals surface area contributed by atoms with Gasteiger partial charge in [0.1, 0.15) is 0 Å². The summed E-state index contributed by atoms with van der Waals surface area (Å²) >= 11 is 5.04. The van der Waals surface area contributed by atoms with Crippen molar-refractivity contribution in [3.8, 4) is 0 Å². The zero-order chi connectivity index (χ0) is 12.3. The molecule has 2 nitrogen and oxygen atoms in total. The van der Waals surface area contributed by atoms with E-state index in [2.05, 4.69) is 20.9 Å². The first-order valence-electron chi connectivity index (χ1n) is 5.47. The predicted molar refractivity (Wildman–Crippen MR) is 74.4 cm³/mol. The Labute approximate surface area is 113 Å². The summed E-state index contributed by atoms with van der Waals surface area (Å²) in [4.78, 5) is 4.36. The number of aromatic nitrogens is 1. The predicted octanol–water partition coefficient (Wildman–Crippen LogP) is 3.36. The van der Waals surface area contributed by atoms with Gasteiger partial charge in [-0.3, -0.25) is 0 Å². The molecule has 90 valence electrons. The molecule has 0 aliphatic heterocycles. The molecule has 0 saturated carbocycles. The molecular weight excluding hydrogens is 298 g/mol. The standard InChI is InChI=1S/C13H14BrNOS/c1-9-8-17-13(15-9)7-12(16)6-10-3-2-4-11(14)5-10/h2-5,8,12,16H,6-7H2,1H3. The quantitative estimate of drug-likeness (QED) is 0.939. The number of aliphatic hydroxyl groups excluding tert-OH is 1. The van der Waals surface area contributed by atoms with E-state index in [9.17, 15) is 5.11 Å². The number of rotatable bonds is 4. The Balaban J connectivity index is 1.95. The summed E-state index contributed by atoms with van der Waals surface area (Å²) in [7, 11) is 0. The lowest BCUT2D eigenvalue weighted by Gasteiger charge is -2.09. The Morgan fingerprint density at radius 3 is 2.88 bits per heavy atom. The van der Waals surface area contributed by atoms with Crippen molar-refractivity contribution in [1.29, 1.82) is 0 Å². The minimum absolute atomic E-state index is 0.366. The number of hydrogen-bond acceptors (Lipinski definition) is 3. The van der Waals surface area contributed by atoms with Gasteiger partial charge in [0, 0.05) is 22.0 Å². The van der Waals surface area contributed by atoms with E-state index < -0.39 is 0 Å². The van der Waals surface area contributed by atoms with Gasteiger partial charge in [0.15, 0.2) is 0 Å². The molecule has 0 amide bonds. The van der Waals surface area contributed by atoms with Crippen molar-refractivity contribution in [2.24, 2.45) is 0 Å². The summed E-state index contributed by atoms with van der Waals surface area (Å²) in [6.07, 6.45) is 0.929. The zero-order valence-corrected chi connectivity index (χ0v) is 12.0. The molecule has 0 fully saturated rings. The maximum Gasteiger partial charge on any atom is 0.0954 e. The Morgan fingerprint density at radius 2 is 2.24 bits per heavy atom. The maximum atomic E-state index is 10.0. The van der Waals surface area contributed by atoms with Gasteiger partial charge in [-0.25, -0.2) is 4.98 Å². The summed E-state index contributed by atoms with van der Waals surface area (Å²) in [5.74, 6) is 0. The molecule has 0 saturated heterocycles. The van der Waals surface area contributed by atoms with Crippen LogP contribution in [0.2, 0.25) is 0 Å². The molecule has 0 spiro atoms. The van der Waals surface area contributed by atoms with Gasteiger partial charge in [-0.1, -0.05) is 28.1 Å². The largest absolute Gasteiger partial charge is 0.392 e. The average molecular weight is 312 g/mol. The zero-order valence-electron chi connectivity index (χ0n) is 9.56. The van der Waals surface area contributed by atoms with Crippen molar-refractivity contribution >= 4 is 27.3 Å². The smallest absolute Gasteiger partial charge is 0.0954 e. The molecule has 0 aliphatic carbocycles. The van der Waals surface area contributed by atoms with Crippen molar-refractivity contribution in [1.82, 2.24) is 4.98 Å². The minimum Gasteiger partial charge on any atom is -0.392 e. The molecule has 4 heteroatoms. The van der Waals surface area contributed by atoms with Crippen molar-refractivity contribution in [3.05, 3.63) is 50.4 Å². The number of aliphatic hydroxyl groups is 1. The number of benzene rings is 1. The lowest BCUT2D eigenvalue weighted by Crippen LogP contribution is -2.13. The Hall–Kier alpha value is -0.710. The second-order valence-electron chi connectivity index (χ2n) is 4.07. The lowest BCUT2D eigenvalue weighted by molar-refractivity contribution is 0.175. The van der Waals surface area contributed by atoms with Crippen LogP contribution >= 0.6 is 27.3 Å². The van der Waals surface area contributed by atoms with Crippen LogP contribution in [0.3, 0.4) is 0 Å². The van der Waals surface area contributed by atoms with Crippen molar-refractivity contribution in [3.63, 3.8) is 0 Å². The second-order valence-corrected chi connectivity index (χ2v) is 5.93. The number of nitrogens with zero attached hydrogens (tertiary/aromatic N) is 1. The summed E-state index contributed by atoms with van der Waals surface area (Å²) < 4.78 is 1.05. The summed E-state index contributed by atoms with van der Waals surface area (Å²) in [5.41, 5.74) is 2.17. The van der Waals surface area contributed by atoms with Crippen LogP contribution in [0.25, 0.3) is 0 Å². The third-order valence-electron chi connectivity index (χ3n) is 2.44. The van der Waals surface area contributed by atoms with Gasteiger partial charge >= 0.3 is 0 Å². The summed E-state index contributed by atoms with van der Waals surface area (Å²) in [6.45, 7) is 1.97. The molecule has 2 rings (SSSR count). The van der Waals surface area contributed by atoms with E-state index in [0.717, 1.165) is 20.7 Å². The van der Waals surface area contributed by atoms with Crippen LogP contribution in [0.15, 0.2) is 34.1 Å². The van der Waals surface area contributed by atoms with Gasteiger partial charge in [0.05, 0.1) is 11.1 Å². The fourth-order valence-corrected chi connectivity index (χ4v) is 3.00. The summed E-state index contributed by atoms with van der Waals surface area (Å²) in [5, 5.41) is 13.0. The molecule has 1 aromatic heterocycles. The molecule has 1 atom stereocenters. The van der Waals surface area contributed by atoms with Gasteiger partial charge in [-0.2, -0.15) is 0 Å². The summed E-state index contributed by atoms with van der Waals surface area (Å²) in [6, 6.07) is 8.04. The third kappa shape index (κ3) is 3.91. The van der Waals surface area contributed by atoms with Crippen molar-refractivity contribution < 1.29 is 5.11 Å². The molecule has 1 unspecified atom stereocenters. The van der Waals surface area contributed by atoms with Gasteiger partial charge in [0.2, 0.25) is 0 Å². The first-order chi connectivity index (χ1) is 8.13. The van der Waals surface area contributed by atoms with E-state index in [1.54, 1.807) is 11.3 Å². The first-order valence-corrected chi connectivity index (χ1v) is 7.14. The molecule has 2 aromatic rings. The van der Waals surface area contributed by atoms with Gasteiger partial charge in [-0.15, -0.1) is 11.3 Å². The third-order valence-corrected chi connectivity index (χ3v) is 3.92. The van der Waals surface area contributed by atoms with E-state index in [1.807, 2.05) is 36.6 Å². The molecule has 1 heterocycles. The van der Waals surface area contributed by atoms with Crippen LogP contribution in [0.1, 0.15) is 16.3 Å². The molecule has 0 radical (unpaired) electrons. The van der Waals surface area contributed by atoms with Crippen LogP contribution in [0.5, 0.6) is 0 Å². The number of hydrogen-bond donors (Lipinski definition) is 1. The van der Waals surface area contributed by atoms with Gasteiger partial charge in [0.25, 0.3) is 0 Å². The first kappa shape index (κ1) is 12.7. The van der Waals surface area contributed by atoms with E-state index in [-0.39, 0.29) is 6.10 Å². The molecule has 1 aromatic carbocycles. The number of thiazole rings is 1. The van der Waals surface area contributed by atoms with Crippen molar-refractivity contribution in [2.75, 3.05) is 0 Å². The van der Waals surface area contributed by atoms with E-state index in [0.29, 0.717) is 12.8 Å². The Morgan fingerprint density at radius 1 is 1.41 bits per heavy atom. The topological polar surface area (TPSA) is 33.1 Å². The maximum absolute atomic E-state index is 10.0. The normalized spacial score (nSPS) is 12.6. The Kier molecular flexibility index (Phi) is 4.31. The average Bonchev–Trinajstić information content (AvgIpc) is 2.63. The van der Waals surface area contributed by atoms with Crippen LogP contribution < -0.4 is 0 Å². The van der Waals surface area contributed by atoms with E-state index in [1.165, 1.54) is 0 Å². The second kappa shape index (κ2) is 5.76. The number of aryl methyl sites for hydroxylation is 1. The number of halogens is 1. The fourth-order valence-electron chi connectivity index (χ4n) is 1.71. The van der Waals surface area contributed by atoms with Gasteiger partial charge in [-0.05, 0) is 31.0 Å². The molecule has 0 bridgehead atoms. The SMILES string of the molecule is Cc1csc(CC(O)Cc2cccc(Br)c2)n1. The van der Waals surface area contributed by atoms with Gasteiger partial charge < -0.3 is 5.11 Å². The van der Waals surface area contributed by atoms with Crippen LogP contribution in [0, 0.1) is 6.92 Å². The Bertz CT molecular complexity index is 498. The highest BCUT2D eigenvalue weighted by atomic mass is 79.9. The van der Waals surface area contributed by atoms with Crippen molar-refractivity contribution in [2.45, 2.75) is 25.9 Å². The van der Waals surface area contributed by atoms with E-state index in [4.69, 9.17) is 0 Å². The lowest BCUT2D eigenvalue weighted by atomic mass is 10.1. The van der Waals surface area contributed by atoms with Crippen LogP contribution in [0.4, 0.5) is 0 Å². The molecule has 17 heavy (non-hydrogen) atoms. The fraction of sp³-hybridized carbons (Fsp3) is 0.308. The highest BCUT2D eigenvalue weighted by Crippen LogP contribution is 2.16. The highest BCUT2D eigenvalue weighted by molar-refractivity contribution is 9.10.